The Morgan fingerprint density at radius 3 is 0.724 bits per heavy atom. The van der Waals surface area contributed by atoms with Crippen LogP contribution < -0.4 is 0 Å². The number of aliphatic hydroxyl groups is 1. The third-order valence-corrected chi connectivity index (χ3v) is 22.5. The molecule has 0 heterocycles. The molecular weight excluding hydrogens is 1370 g/mol. The molecule has 0 amide bonds. The molecule has 0 aromatic carbocycles. The molecule has 6 atom stereocenters. The summed E-state index contributed by atoms with van der Waals surface area (Å²) in [6.45, 7) is 9.62. The molecule has 0 aromatic rings. The van der Waals surface area contributed by atoms with Crippen LogP contribution in [0.3, 0.4) is 0 Å². The van der Waals surface area contributed by atoms with Crippen LogP contribution in [-0.2, 0) is 65.4 Å². The number of hydrogen-bond acceptors (Lipinski definition) is 15. The maximum Gasteiger partial charge on any atom is 0.472 e. The highest BCUT2D eigenvalue weighted by molar-refractivity contribution is 7.47. The third kappa shape index (κ3) is 78.5. The lowest BCUT2D eigenvalue weighted by molar-refractivity contribution is -0.161. The normalized spacial score (nSPS) is 14.1. The van der Waals surface area contributed by atoms with Gasteiger partial charge in [-0.15, -0.1) is 0 Å². The molecule has 105 heavy (non-hydrogen) atoms. The van der Waals surface area contributed by atoms with E-state index in [0.717, 1.165) is 102 Å². The van der Waals surface area contributed by atoms with Crippen LogP contribution >= 0.6 is 15.6 Å². The number of hydrogen-bond donors (Lipinski definition) is 3. The van der Waals surface area contributed by atoms with E-state index in [2.05, 4.69) is 41.5 Å². The minimum absolute atomic E-state index is 0.105. The first kappa shape index (κ1) is 103. The van der Waals surface area contributed by atoms with Gasteiger partial charge in [0.2, 0.25) is 0 Å². The monoisotopic (exact) mass is 1540 g/mol. The molecular formula is C86H168O17P2. The van der Waals surface area contributed by atoms with Crippen molar-refractivity contribution in [1.29, 1.82) is 0 Å². The molecule has 0 bridgehead atoms. The average Bonchev–Trinajstić information content (AvgIpc) is 0.912. The van der Waals surface area contributed by atoms with Crippen molar-refractivity contribution >= 4 is 39.5 Å². The Balaban J connectivity index is 5.21. The summed E-state index contributed by atoms with van der Waals surface area (Å²) in [6, 6.07) is 0. The second-order valence-corrected chi connectivity index (χ2v) is 34.6. The number of unbranched alkanes of at least 4 members (excludes halogenated alkanes) is 54. The summed E-state index contributed by atoms with van der Waals surface area (Å²) in [5.41, 5.74) is 0. The van der Waals surface area contributed by atoms with Crippen LogP contribution in [0.1, 0.15) is 459 Å². The summed E-state index contributed by atoms with van der Waals surface area (Å²) in [5, 5.41) is 10.7. The molecule has 3 N–H and O–H groups in total. The van der Waals surface area contributed by atoms with E-state index in [4.69, 9.17) is 37.0 Å². The summed E-state index contributed by atoms with van der Waals surface area (Å²) >= 11 is 0. The lowest BCUT2D eigenvalue weighted by Crippen LogP contribution is -2.30. The van der Waals surface area contributed by atoms with Gasteiger partial charge < -0.3 is 33.8 Å². The van der Waals surface area contributed by atoms with Gasteiger partial charge in [-0.25, -0.2) is 9.13 Å². The molecule has 19 heteroatoms. The van der Waals surface area contributed by atoms with Crippen LogP contribution in [0, 0.1) is 11.8 Å². The predicted octanol–water partition coefficient (Wildman–Crippen LogP) is 26.2. The Hall–Kier alpha value is -1.94. The molecule has 0 saturated heterocycles. The number of ether oxygens (including phenoxy) is 4. The van der Waals surface area contributed by atoms with Crippen molar-refractivity contribution in [2.24, 2.45) is 11.8 Å². The molecule has 17 nitrogen and oxygen atoms in total. The highest BCUT2D eigenvalue weighted by Crippen LogP contribution is 2.45. The zero-order chi connectivity index (χ0) is 77.1. The minimum Gasteiger partial charge on any atom is -0.462 e. The molecule has 624 valence electrons. The minimum atomic E-state index is -4.97. The summed E-state index contributed by atoms with van der Waals surface area (Å²) in [5.74, 6) is -0.611. The first-order chi connectivity index (χ1) is 50.9. The van der Waals surface area contributed by atoms with Gasteiger partial charge in [0, 0.05) is 25.7 Å². The smallest absolute Gasteiger partial charge is 0.462 e. The van der Waals surface area contributed by atoms with Crippen LogP contribution in [0.4, 0.5) is 0 Å². The maximum absolute atomic E-state index is 13.1. The van der Waals surface area contributed by atoms with Crippen molar-refractivity contribution in [3.8, 4) is 0 Å². The highest BCUT2D eigenvalue weighted by atomic mass is 31.2. The summed E-state index contributed by atoms with van der Waals surface area (Å²) in [6.07, 6.45) is 69.7. The molecule has 0 aromatic heterocycles. The van der Waals surface area contributed by atoms with E-state index in [9.17, 15) is 43.2 Å². The first-order valence-corrected chi connectivity index (χ1v) is 47.5. The van der Waals surface area contributed by atoms with Gasteiger partial charge in [-0.1, -0.05) is 408 Å². The van der Waals surface area contributed by atoms with Crippen LogP contribution in [-0.4, -0.2) is 96.7 Å². The lowest BCUT2D eigenvalue weighted by atomic mass is 9.99. The molecule has 0 aliphatic carbocycles. The number of esters is 4. The topological polar surface area (TPSA) is 237 Å². The standard InChI is InChI=1S/C86H168O17P2/c1-7-10-12-14-16-18-20-22-24-26-28-30-31-33-35-37-39-41-43-52-58-64-70-85(90)102-81(74-96-83(88)68-62-56-50-42-40-38-36-34-32-29-27-25-23-21-19-17-15-13-11-8-2)76-100-104(92,93)98-72-80(87)73-99-105(94,95)101-77-82(75-97-84(89)69-63-57-51-46-44-48-54-60-66-78(4)5)103-86(91)71-65-59-53-47-45-49-55-61-67-79(6)9-3/h78-82,87H,7-77H2,1-6H3,(H,92,93)(H,94,95)/t79?,80-,81-,82-/m1/s1. The average molecular weight is 1540 g/mol. The Morgan fingerprint density at radius 1 is 0.276 bits per heavy atom. The SMILES string of the molecule is CCCCCCCCCCCCCCCCCCCCCCCCC(=O)O[C@H](COC(=O)CCCCCCCCCCCCCCCCCCCCCC)COP(=O)(O)OC[C@@H](O)COP(=O)(O)OC[C@@H](COC(=O)CCCCCCCCCCC(C)C)OC(=O)CCCCCCCCCCC(C)CC. The number of carbonyl (C=O) groups excluding carboxylic acids is 4. The van der Waals surface area contributed by atoms with Crippen molar-refractivity contribution in [2.45, 2.75) is 477 Å². The number of aliphatic hydroxyl groups excluding tert-OH is 1. The summed E-state index contributed by atoms with van der Waals surface area (Å²) < 4.78 is 68.8. The molecule has 0 fully saturated rings. The van der Waals surface area contributed by atoms with Crippen molar-refractivity contribution in [1.82, 2.24) is 0 Å². The molecule has 0 aliphatic rings. The molecule has 3 unspecified atom stereocenters. The Bertz CT molecular complexity index is 2010. The fourth-order valence-electron chi connectivity index (χ4n) is 13.4. The van der Waals surface area contributed by atoms with Gasteiger partial charge in [0.25, 0.3) is 0 Å². The number of rotatable bonds is 85. The van der Waals surface area contributed by atoms with E-state index in [-0.39, 0.29) is 25.7 Å². The van der Waals surface area contributed by atoms with Gasteiger partial charge in [-0.05, 0) is 37.5 Å². The van der Waals surface area contributed by atoms with Crippen molar-refractivity contribution in [3.63, 3.8) is 0 Å². The number of phosphoric acid groups is 2. The summed E-state index contributed by atoms with van der Waals surface area (Å²) in [4.78, 5) is 73.2. The van der Waals surface area contributed by atoms with E-state index in [0.29, 0.717) is 25.7 Å². The van der Waals surface area contributed by atoms with Crippen molar-refractivity contribution < 1.29 is 80.2 Å². The van der Waals surface area contributed by atoms with Crippen LogP contribution in [0.5, 0.6) is 0 Å². The first-order valence-electron chi connectivity index (χ1n) is 44.5. The van der Waals surface area contributed by atoms with Gasteiger partial charge in [0.1, 0.15) is 19.3 Å². The van der Waals surface area contributed by atoms with E-state index in [1.165, 1.54) is 276 Å². The second-order valence-electron chi connectivity index (χ2n) is 31.6. The van der Waals surface area contributed by atoms with E-state index in [1.807, 2.05) is 0 Å². The largest absolute Gasteiger partial charge is 0.472 e. The highest BCUT2D eigenvalue weighted by Gasteiger charge is 2.30. The zero-order valence-corrected chi connectivity index (χ0v) is 70.8. The molecule has 0 rings (SSSR count). The van der Waals surface area contributed by atoms with Gasteiger partial charge in [0.05, 0.1) is 26.4 Å². The third-order valence-electron chi connectivity index (χ3n) is 20.6. The quantitative estimate of drug-likeness (QED) is 0.0222. The second kappa shape index (κ2) is 77.4. The van der Waals surface area contributed by atoms with E-state index < -0.39 is 97.5 Å². The van der Waals surface area contributed by atoms with Gasteiger partial charge in [-0.2, -0.15) is 0 Å². The number of carbonyl (C=O) groups is 4. The van der Waals surface area contributed by atoms with Crippen LogP contribution in [0.2, 0.25) is 0 Å². The maximum atomic E-state index is 13.1. The Morgan fingerprint density at radius 2 is 0.486 bits per heavy atom. The fourth-order valence-corrected chi connectivity index (χ4v) is 15.0. The Labute approximate surface area is 645 Å². The van der Waals surface area contributed by atoms with Crippen LogP contribution in [0.25, 0.3) is 0 Å². The molecule has 0 saturated carbocycles. The predicted molar refractivity (Wildman–Crippen MR) is 432 cm³/mol. The molecule has 0 spiro atoms. The Kier molecular flexibility index (Phi) is 76.0. The summed E-state index contributed by atoms with van der Waals surface area (Å²) in [7, 11) is -9.93. The van der Waals surface area contributed by atoms with E-state index >= 15 is 0 Å². The van der Waals surface area contributed by atoms with Gasteiger partial charge >= 0.3 is 39.5 Å². The molecule has 0 radical (unpaired) electrons. The lowest BCUT2D eigenvalue weighted by Gasteiger charge is -2.21. The van der Waals surface area contributed by atoms with Crippen LogP contribution in [0.15, 0.2) is 0 Å². The van der Waals surface area contributed by atoms with Crippen molar-refractivity contribution in [2.75, 3.05) is 39.6 Å². The van der Waals surface area contributed by atoms with Crippen molar-refractivity contribution in [3.05, 3.63) is 0 Å². The van der Waals surface area contributed by atoms with Gasteiger partial charge in [-0.3, -0.25) is 37.3 Å². The van der Waals surface area contributed by atoms with E-state index in [1.54, 1.807) is 0 Å². The molecule has 0 aliphatic heterocycles. The number of phosphoric ester groups is 2. The fraction of sp³-hybridized carbons (Fsp3) is 0.953. The zero-order valence-electron chi connectivity index (χ0n) is 69.0. The van der Waals surface area contributed by atoms with Gasteiger partial charge in [0.15, 0.2) is 12.2 Å².